The van der Waals surface area contributed by atoms with Gasteiger partial charge in [-0.2, -0.15) is 0 Å². The number of thiazole rings is 1. The first kappa shape index (κ1) is 22.7. The van der Waals surface area contributed by atoms with Crippen LogP contribution in [-0.2, 0) is 16.0 Å². The largest absolute Gasteiger partial charge is 0.326 e. The van der Waals surface area contributed by atoms with E-state index in [1.807, 2.05) is 50.2 Å². The van der Waals surface area contributed by atoms with E-state index in [0.717, 1.165) is 29.7 Å². The maximum absolute atomic E-state index is 12.9. The molecule has 2 aromatic carbocycles. The maximum atomic E-state index is 12.9. The molecule has 1 saturated carbocycles. The number of nitrogens with zero attached hydrogens (tertiary/aromatic N) is 2. The van der Waals surface area contributed by atoms with E-state index >= 15 is 0 Å². The topological polar surface area (TPSA) is 91.4 Å². The summed E-state index contributed by atoms with van der Waals surface area (Å²) < 4.78 is 0. The van der Waals surface area contributed by atoms with E-state index in [4.69, 9.17) is 0 Å². The Morgan fingerprint density at radius 2 is 1.58 bits per heavy atom. The van der Waals surface area contributed by atoms with Crippen LogP contribution in [0.5, 0.6) is 0 Å². The fourth-order valence-corrected chi connectivity index (χ4v) is 4.11. The number of hydrogen-bond acceptors (Lipinski definition) is 5. The molecule has 0 spiro atoms. The molecule has 0 radical (unpaired) electrons. The molecule has 33 heavy (non-hydrogen) atoms. The molecule has 1 aliphatic carbocycles. The van der Waals surface area contributed by atoms with Crippen molar-refractivity contribution < 1.29 is 14.4 Å². The second-order valence-corrected chi connectivity index (χ2v) is 9.17. The Morgan fingerprint density at radius 1 is 0.939 bits per heavy atom. The number of hydrogen-bond donors (Lipinski definition) is 2. The van der Waals surface area contributed by atoms with E-state index in [0.29, 0.717) is 16.4 Å². The van der Waals surface area contributed by atoms with Crippen LogP contribution >= 0.6 is 11.3 Å². The maximum Gasteiger partial charge on any atom is 0.254 e. The van der Waals surface area contributed by atoms with Crippen molar-refractivity contribution in [2.75, 3.05) is 17.2 Å². The van der Waals surface area contributed by atoms with E-state index in [9.17, 15) is 14.4 Å². The van der Waals surface area contributed by atoms with E-state index < -0.39 is 0 Å². The number of amides is 3. The van der Waals surface area contributed by atoms with Gasteiger partial charge in [-0.05, 0) is 51.0 Å². The second kappa shape index (κ2) is 9.95. The van der Waals surface area contributed by atoms with Crippen molar-refractivity contribution in [1.82, 2.24) is 9.88 Å². The van der Waals surface area contributed by atoms with Crippen molar-refractivity contribution in [3.63, 3.8) is 0 Å². The smallest absolute Gasteiger partial charge is 0.254 e. The number of aryl methyl sites for hydroxylation is 2. The Hall–Kier alpha value is -3.52. The SMILES string of the molecule is Cc1ccc(NC(=O)Cc2csc(NC(=O)CN(C(=O)c3ccc(C)cc3)C3CC3)n2)cc1. The third kappa shape index (κ3) is 6.26. The zero-order valence-electron chi connectivity index (χ0n) is 18.6. The molecule has 1 heterocycles. The molecule has 8 heteroatoms. The molecule has 1 aromatic heterocycles. The van der Waals surface area contributed by atoms with Crippen LogP contribution in [-0.4, -0.2) is 40.2 Å². The molecule has 3 amide bonds. The predicted molar refractivity (Wildman–Crippen MR) is 129 cm³/mol. The average Bonchev–Trinajstić information content (AvgIpc) is 3.54. The lowest BCUT2D eigenvalue weighted by molar-refractivity contribution is -0.117. The van der Waals surface area contributed by atoms with Crippen LogP contribution in [0.15, 0.2) is 53.9 Å². The first-order valence-electron chi connectivity index (χ1n) is 10.9. The van der Waals surface area contributed by atoms with Gasteiger partial charge in [-0.1, -0.05) is 35.4 Å². The minimum Gasteiger partial charge on any atom is -0.326 e. The summed E-state index contributed by atoms with van der Waals surface area (Å²) in [6.45, 7) is 3.92. The zero-order chi connectivity index (χ0) is 23.4. The van der Waals surface area contributed by atoms with Crippen molar-refractivity contribution in [3.8, 4) is 0 Å². The third-order valence-corrected chi connectivity index (χ3v) is 6.14. The number of anilines is 2. The molecule has 0 bridgehead atoms. The summed E-state index contributed by atoms with van der Waals surface area (Å²) in [5, 5.41) is 7.77. The Kier molecular flexibility index (Phi) is 6.84. The van der Waals surface area contributed by atoms with Crippen molar-refractivity contribution in [2.24, 2.45) is 0 Å². The Labute approximate surface area is 196 Å². The van der Waals surface area contributed by atoms with Crippen molar-refractivity contribution in [2.45, 2.75) is 39.2 Å². The van der Waals surface area contributed by atoms with Crippen LogP contribution in [0, 0.1) is 13.8 Å². The van der Waals surface area contributed by atoms with Gasteiger partial charge in [0.25, 0.3) is 5.91 Å². The molecular weight excluding hydrogens is 436 g/mol. The highest BCUT2D eigenvalue weighted by Gasteiger charge is 2.34. The van der Waals surface area contributed by atoms with Crippen LogP contribution in [0.25, 0.3) is 0 Å². The fraction of sp³-hybridized carbons (Fsp3) is 0.280. The van der Waals surface area contributed by atoms with Crippen molar-refractivity contribution in [3.05, 3.63) is 76.3 Å². The number of nitrogens with one attached hydrogen (secondary N) is 2. The Bertz CT molecular complexity index is 1150. The molecule has 2 N–H and O–H groups in total. The second-order valence-electron chi connectivity index (χ2n) is 8.31. The Balaban J connectivity index is 1.31. The van der Waals surface area contributed by atoms with Crippen LogP contribution in [0.2, 0.25) is 0 Å². The molecule has 7 nitrogen and oxygen atoms in total. The highest BCUT2D eigenvalue weighted by Crippen LogP contribution is 2.28. The number of aromatic nitrogens is 1. The summed E-state index contributed by atoms with van der Waals surface area (Å²) in [7, 11) is 0. The van der Waals surface area contributed by atoms with Crippen LogP contribution in [0.1, 0.15) is 40.0 Å². The fourth-order valence-electron chi connectivity index (χ4n) is 3.38. The lowest BCUT2D eigenvalue weighted by Crippen LogP contribution is -2.39. The zero-order valence-corrected chi connectivity index (χ0v) is 19.4. The van der Waals surface area contributed by atoms with Gasteiger partial charge in [0, 0.05) is 22.7 Å². The summed E-state index contributed by atoms with van der Waals surface area (Å²) in [5.74, 6) is -0.613. The quantitative estimate of drug-likeness (QED) is 0.525. The number of carbonyl (C=O) groups is 3. The van der Waals surface area contributed by atoms with Gasteiger partial charge in [-0.15, -0.1) is 11.3 Å². The predicted octanol–water partition coefficient (Wildman–Crippen LogP) is 4.18. The van der Waals surface area contributed by atoms with Crippen molar-refractivity contribution in [1.29, 1.82) is 0 Å². The van der Waals surface area contributed by atoms with E-state index in [1.54, 1.807) is 22.4 Å². The lowest BCUT2D eigenvalue weighted by atomic mass is 10.1. The summed E-state index contributed by atoms with van der Waals surface area (Å²) >= 11 is 1.26. The molecular formula is C25H26N4O3S. The first-order valence-corrected chi connectivity index (χ1v) is 11.7. The molecule has 1 aliphatic rings. The first-order chi connectivity index (χ1) is 15.9. The van der Waals surface area contributed by atoms with E-state index in [2.05, 4.69) is 15.6 Å². The molecule has 0 saturated heterocycles. The standard InChI is InChI=1S/C25H26N4O3S/c1-16-3-7-18(8-4-16)24(32)29(21-11-12-21)14-23(31)28-25-27-20(15-33-25)13-22(30)26-19-9-5-17(2)6-10-19/h3-10,15,21H,11-14H2,1-2H3,(H,26,30)(H,27,28,31). The molecule has 4 rings (SSSR count). The van der Waals surface area contributed by atoms with Crippen molar-refractivity contribution >= 4 is 39.9 Å². The molecule has 0 aliphatic heterocycles. The van der Waals surface area contributed by atoms with Gasteiger partial charge in [0.05, 0.1) is 12.1 Å². The highest BCUT2D eigenvalue weighted by molar-refractivity contribution is 7.13. The van der Waals surface area contributed by atoms with Crippen LogP contribution in [0.3, 0.4) is 0 Å². The molecule has 3 aromatic rings. The monoisotopic (exact) mass is 462 g/mol. The lowest BCUT2D eigenvalue weighted by Gasteiger charge is -2.21. The molecule has 0 unspecified atom stereocenters. The average molecular weight is 463 g/mol. The molecule has 0 atom stereocenters. The van der Waals surface area contributed by atoms with Gasteiger partial charge in [0.15, 0.2) is 5.13 Å². The minimum absolute atomic E-state index is 0.0276. The molecule has 1 fully saturated rings. The van der Waals surface area contributed by atoms with Crippen LogP contribution < -0.4 is 10.6 Å². The summed E-state index contributed by atoms with van der Waals surface area (Å²) in [4.78, 5) is 43.8. The summed E-state index contributed by atoms with van der Waals surface area (Å²) in [6.07, 6.45) is 1.92. The van der Waals surface area contributed by atoms with Crippen LogP contribution in [0.4, 0.5) is 10.8 Å². The number of rotatable bonds is 8. The van der Waals surface area contributed by atoms with Gasteiger partial charge in [-0.3, -0.25) is 14.4 Å². The van der Waals surface area contributed by atoms with Gasteiger partial charge < -0.3 is 15.5 Å². The number of carbonyl (C=O) groups excluding carboxylic acids is 3. The van der Waals surface area contributed by atoms with E-state index in [1.165, 1.54) is 11.3 Å². The summed E-state index contributed by atoms with van der Waals surface area (Å²) in [5.41, 5.74) is 4.09. The van der Waals surface area contributed by atoms with Gasteiger partial charge in [0.1, 0.15) is 6.54 Å². The third-order valence-electron chi connectivity index (χ3n) is 5.34. The summed E-state index contributed by atoms with van der Waals surface area (Å²) in [6, 6.07) is 15.0. The van der Waals surface area contributed by atoms with Gasteiger partial charge in [0.2, 0.25) is 11.8 Å². The highest BCUT2D eigenvalue weighted by atomic mass is 32.1. The number of benzene rings is 2. The Morgan fingerprint density at radius 3 is 2.21 bits per heavy atom. The van der Waals surface area contributed by atoms with E-state index in [-0.39, 0.29) is 36.7 Å². The minimum atomic E-state index is -0.299. The molecule has 170 valence electrons. The van der Waals surface area contributed by atoms with Gasteiger partial charge >= 0.3 is 0 Å². The van der Waals surface area contributed by atoms with Gasteiger partial charge in [-0.25, -0.2) is 4.98 Å². The normalized spacial score (nSPS) is 12.8.